The molecule has 0 aliphatic rings. The lowest BCUT2D eigenvalue weighted by Gasteiger charge is -2.15. The molecular weight excluding hydrogens is 254 g/mol. The standard InChI is InChI=1S/C16H25NO3/c1-11(2)15(18)10-17-16(19)7-8-20-14-6-5-12(3)13(4)9-14/h5-6,9,11,15,18H,7-8,10H2,1-4H3,(H,17,19). The van der Waals surface area contributed by atoms with E-state index in [9.17, 15) is 9.90 Å². The average molecular weight is 279 g/mol. The first-order valence-corrected chi connectivity index (χ1v) is 7.05. The summed E-state index contributed by atoms with van der Waals surface area (Å²) < 4.78 is 5.54. The van der Waals surface area contributed by atoms with Gasteiger partial charge < -0.3 is 15.2 Å². The Morgan fingerprint density at radius 2 is 2.00 bits per heavy atom. The number of nitrogens with one attached hydrogen (secondary N) is 1. The summed E-state index contributed by atoms with van der Waals surface area (Å²) in [6, 6.07) is 5.88. The predicted octanol–water partition coefficient (Wildman–Crippen LogP) is 2.21. The van der Waals surface area contributed by atoms with Crippen LogP contribution in [0.15, 0.2) is 18.2 Å². The fraction of sp³-hybridized carbons (Fsp3) is 0.562. The molecule has 0 saturated heterocycles. The Hall–Kier alpha value is -1.55. The normalized spacial score (nSPS) is 12.3. The number of hydrogen-bond donors (Lipinski definition) is 2. The number of amides is 1. The number of rotatable bonds is 7. The molecule has 1 unspecified atom stereocenters. The van der Waals surface area contributed by atoms with Crippen LogP contribution in [0.25, 0.3) is 0 Å². The molecular formula is C16H25NO3. The number of carbonyl (C=O) groups is 1. The maximum absolute atomic E-state index is 11.6. The highest BCUT2D eigenvalue weighted by molar-refractivity contribution is 5.76. The molecule has 112 valence electrons. The molecule has 0 spiro atoms. The minimum absolute atomic E-state index is 0.103. The second-order valence-corrected chi connectivity index (χ2v) is 5.46. The molecule has 1 aromatic carbocycles. The Labute approximate surface area is 121 Å². The number of ether oxygens (including phenoxy) is 1. The number of aryl methyl sites for hydroxylation is 2. The fourth-order valence-electron chi connectivity index (χ4n) is 1.61. The molecule has 0 aliphatic carbocycles. The fourth-order valence-corrected chi connectivity index (χ4v) is 1.61. The average Bonchev–Trinajstić information content (AvgIpc) is 2.40. The summed E-state index contributed by atoms with van der Waals surface area (Å²) in [6.07, 6.45) is -0.211. The van der Waals surface area contributed by atoms with Crippen LogP contribution >= 0.6 is 0 Å². The van der Waals surface area contributed by atoms with Crippen molar-refractivity contribution in [3.05, 3.63) is 29.3 Å². The minimum atomic E-state index is -0.500. The zero-order valence-corrected chi connectivity index (χ0v) is 12.8. The van der Waals surface area contributed by atoms with Gasteiger partial charge in [0.2, 0.25) is 5.91 Å². The van der Waals surface area contributed by atoms with Crippen molar-refractivity contribution in [1.29, 1.82) is 0 Å². The Morgan fingerprint density at radius 1 is 1.30 bits per heavy atom. The van der Waals surface area contributed by atoms with Crippen LogP contribution in [0, 0.1) is 19.8 Å². The van der Waals surface area contributed by atoms with Crippen molar-refractivity contribution >= 4 is 5.91 Å². The molecule has 20 heavy (non-hydrogen) atoms. The number of hydrogen-bond acceptors (Lipinski definition) is 3. The number of aliphatic hydroxyl groups is 1. The molecule has 1 rings (SSSR count). The third kappa shape index (κ3) is 5.61. The van der Waals surface area contributed by atoms with Crippen molar-refractivity contribution in [2.45, 2.75) is 40.2 Å². The minimum Gasteiger partial charge on any atom is -0.493 e. The largest absolute Gasteiger partial charge is 0.493 e. The van der Waals surface area contributed by atoms with Crippen molar-refractivity contribution in [2.24, 2.45) is 5.92 Å². The summed E-state index contributed by atoms with van der Waals surface area (Å²) in [5, 5.41) is 12.3. The van der Waals surface area contributed by atoms with Gasteiger partial charge in [0.05, 0.1) is 19.1 Å². The first-order valence-electron chi connectivity index (χ1n) is 7.05. The second-order valence-electron chi connectivity index (χ2n) is 5.46. The third-order valence-corrected chi connectivity index (χ3v) is 3.35. The lowest BCUT2D eigenvalue weighted by molar-refractivity contribution is -0.122. The monoisotopic (exact) mass is 279 g/mol. The van der Waals surface area contributed by atoms with Crippen LogP contribution in [-0.4, -0.2) is 30.3 Å². The van der Waals surface area contributed by atoms with E-state index in [2.05, 4.69) is 5.32 Å². The summed E-state index contributed by atoms with van der Waals surface area (Å²) in [5.41, 5.74) is 2.39. The van der Waals surface area contributed by atoms with Gasteiger partial charge in [-0.2, -0.15) is 0 Å². The van der Waals surface area contributed by atoms with Crippen molar-refractivity contribution in [2.75, 3.05) is 13.2 Å². The van der Waals surface area contributed by atoms with Crippen LogP contribution in [0.3, 0.4) is 0 Å². The van der Waals surface area contributed by atoms with Crippen LogP contribution in [0.1, 0.15) is 31.4 Å². The highest BCUT2D eigenvalue weighted by Crippen LogP contribution is 2.16. The topological polar surface area (TPSA) is 58.6 Å². The zero-order valence-electron chi connectivity index (χ0n) is 12.8. The van der Waals surface area contributed by atoms with Crippen LogP contribution in [-0.2, 0) is 4.79 Å². The van der Waals surface area contributed by atoms with Gasteiger partial charge in [-0.3, -0.25) is 4.79 Å². The maximum Gasteiger partial charge on any atom is 0.223 e. The Kier molecular flexibility index (Phi) is 6.52. The van der Waals surface area contributed by atoms with Crippen molar-refractivity contribution in [1.82, 2.24) is 5.32 Å². The molecule has 2 N–H and O–H groups in total. The van der Waals surface area contributed by atoms with Crippen molar-refractivity contribution in [3.63, 3.8) is 0 Å². The Bertz CT molecular complexity index is 443. The maximum atomic E-state index is 11.6. The van der Waals surface area contributed by atoms with Gasteiger partial charge in [-0.05, 0) is 43.0 Å². The molecule has 1 aromatic rings. The summed E-state index contributed by atoms with van der Waals surface area (Å²) in [4.78, 5) is 11.6. The lowest BCUT2D eigenvalue weighted by atomic mass is 10.1. The second kappa shape index (κ2) is 7.90. The molecule has 0 saturated carbocycles. The summed E-state index contributed by atoms with van der Waals surface area (Å²) in [6.45, 7) is 8.54. The van der Waals surface area contributed by atoms with Crippen LogP contribution in [0.5, 0.6) is 5.75 Å². The molecule has 0 aliphatic heterocycles. The van der Waals surface area contributed by atoms with E-state index in [0.717, 1.165) is 5.75 Å². The first kappa shape index (κ1) is 16.5. The predicted molar refractivity (Wildman–Crippen MR) is 79.9 cm³/mol. The molecule has 0 fully saturated rings. The van der Waals surface area contributed by atoms with E-state index in [-0.39, 0.29) is 18.2 Å². The molecule has 1 atom stereocenters. The lowest BCUT2D eigenvalue weighted by Crippen LogP contribution is -2.35. The van der Waals surface area contributed by atoms with E-state index in [4.69, 9.17) is 4.74 Å². The van der Waals surface area contributed by atoms with Crippen molar-refractivity contribution < 1.29 is 14.6 Å². The Balaban J connectivity index is 2.26. The summed E-state index contributed by atoms with van der Waals surface area (Å²) in [7, 11) is 0. The zero-order chi connectivity index (χ0) is 15.1. The first-order chi connectivity index (χ1) is 9.40. The van der Waals surface area contributed by atoms with Gasteiger partial charge in [0, 0.05) is 6.54 Å². The van der Waals surface area contributed by atoms with Gasteiger partial charge >= 0.3 is 0 Å². The van der Waals surface area contributed by atoms with E-state index < -0.39 is 6.10 Å². The summed E-state index contributed by atoms with van der Waals surface area (Å²) >= 11 is 0. The molecule has 4 heteroatoms. The van der Waals surface area contributed by atoms with Gasteiger partial charge in [-0.25, -0.2) is 0 Å². The molecule has 4 nitrogen and oxygen atoms in total. The van der Waals surface area contributed by atoms with E-state index in [1.165, 1.54) is 11.1 Å². The molecule has 0 heterocycles. The van der Waals surface area contributed by atoms with E-state index in [0.29, 0.717) is 13.2 Å². The quantitative estimate of drug-likeness (QED) is 0.804. The SMILES string of the molecule is Cc1ccc(OCCC(=O)NCC(O)C(C)C)cc1C. The highest BCUT2D eigenvalue weighted by Gasteiger charge is 2.10. The van der Waals surface area contributed by atoms with Gasteiger partial charge in [-0.15, -0.1) is 0 Å². The Morgan fingerprint density at radius 3 is 2.60 bits per heavy atom. The number of carbonyl (C=O) groups excluding carboxylic acids is 1. The highest BCUT2D eigenvalue weighted by atomic mass is 16.5. The molecule has 0 aromatic heterocycles. The van der Waals surface area contributed by atoms with Gasteiger partial charge in [0.15, 0.2) is 0 Å². The molecule has 0 bridgehead atoms. The summed E-state index contributed by atoms with van der Waals surface area (Å²) in [5.74, 6) is 0.818. The third-order valence-electron chi connectivity index (χ3n) is 3.35. The van der Waals surface area contributed by atoms with Crippen LogP contribution < -0.4 is 10.1 Å². The van der Waals surface area contributed by atoms with Gasteiger partial charge in [0.25, 0.3) is 0 Å². The van der Waals surface area contributed by atoms with Crippen LogP contribution in [0.2, 0.25) is 0 Å². The van der Waals surface area contributed by atoms with E-state index >= 15 is 0 Å². The van der Waals surface area contributed by atoms with Crippen LogP contribution in [0.4, 0.5) is 0 Å². The van der Waals surface area contributed by atoms with E-state index in [1.807, 2.05) is 45.9 Å². The van der Waals surface area contributed by atoms with E-state index in [1.54, 1.807) is 0 Å². The van der Waals surface area contributed by atoms with Gasteiger partial charge in [0.1, 0.15) is 5.75 Å². The van der Waals surface area contributed by atoms with Crippen molar-refractivity contribution in [3.8, 4) is 5.75 Å². The number of aliphatic hydroxyl groups excluding tert-OH is 1. The van der Waals surface area contributed by atoms with Gasteiger partial charge in [-0.1, -0.05) is 19.9 Å². The smallest absolute Gasteiger partial charge is 0.223 e. The molecule has 0 radical (unpaired) electrons. The number of benzene rings is 1. The molecule has 1 amide bonds.